The van der Waals surface area contributed by atoms with E-state index in [1.165, 1.54) is 0 Å². The first kappa shape index (κ1) is 16.7. The van der Waals surface area contributed by atoms with Crippen LogP contribution in [-0.4, -0.2) is 37.8 Å². The average molecular weight is 348 g/mol. The van der Waals surface area contributed by atoms with Gasteiger partial charge in [0, 0.05) is 61.7 Å². The molecule has 0 aromatic carbocycles. The summed E-state index contributed by atoms with van der Waals surface area (Å²) < 4.78 is 2.04. The quantitative estimate of drug-likeness (QED) is 0.708. The van der Waals surface area contributed by atoms with Crippen LogP contribution in [0.5, 0.6) is 0 Å². The van der Waals surface area contributed by atoms with Crippen LogP contribution < -0.4 is 4.90 Å². The van der Waals surface area contributed by atoms with Crippen molar-refractivity contribution in [2.75, 3.05) is 18.0 Å². The molecule has 1 saturated heterocycles. The van der Waals surface area contributed by atoms with E-state index in [4.69, 9.17) is 9.97 Å². The van der Waals surface area contributed by atoms with E-state index in [1.807, 2.05) is 35.3 Å². The molecule has 3 aromatic rings. The molecule has 26 heavy (non-hydrogen) atoms. The smallest absolute Gasteiger partial charge is 0.161 e. The second kappa shape index (κ2) is 7.64. The van der Waals surface area contributed by atoms with Crippen LogP contribution in [0.2, 0.25) is 0 Å². The summed E-state index contributed by atoms with van der Waals surface area (Å²) in [6.07, 6.45) is 10.7. The Morgan fingerprint density at radius 1 is 1.08 bits per heavy atom. The summed E-state index contributed by atoms with van der Waals surface area (Å²) in [5.74, 6) is 2.51. The summed E-state index contributed by atoms with van der Waals surface area (Å²) >= 11 is 0. The van der Waals surface area contributed by atoms with Crippen molar-refractivity contribution in [2.45, 2.75) is 32.7 Å². The standard InChI is InChI=1S/C20H24N6/c1-2-18-14-19(24-20(23-18)17-4-9-21-10-5-17)25-12-6-16(7-13-25)15-26-11-3-8-22-26/h3-5,8-11,14,16H,2,6-7,12-13,15H2,1H3. The van der Waals surface area contributed by atoms with Crippen molar-refractivity contribution in [3.63, 3.8) is 0 Å². The van der Waals surface area contributed by atoms with Gasteiger partial charge >= 0.3 is 0 Å². The molecule has 0 saturated carbocycles. The number of hydrogen-bond donors (Lipinski definition) is 0. The molecule has 0 amide bonds. The van der Waals surface area contributed by atoms with E-state index in [9.17, 15) is 0 Å². The molecule has 134 valence electrons. The molecule has 1 aliphatic heterocycles. The third-order valence-corrected chi connectivity index (χ3v) is 5.01. The lowest BCUT2D eigenvalue weighted by atomic mass is 9.97. The molecule has 0 N–H and O–H groups in total. The average Bonchev–Trinajstić information content (AvgIpc) is 3.22. The summed E-state index contributed by atoms with van der Waals surface area (Å²) in [5, 5.41) is 4.33. The van der Waals surface area contributed by atoms with Gasteiger partial charge < -0.3 is 4.90 Å². The van der Waals surface area contributed by atoms with Crippen LogP contribution in [0.1, 0.15) is 25.5 Å². The Labute approximate surface area is 153 Å². The first-order valence-corrected chi connectivity index (χ1v) is 9.32. The van der Waals surface area contributed by atoms with Crippen molar-refractivity contribution in [2.24, 2.45) is 5.92 Å². The van der Waals surface area contributed by atoms with Gasteiger partial charge in [-0.15, -0.1) is 0 Å². The van der Waals surface area contributed by atoms with Crippen molar-refractivity contribution in [1.29, 1.82) is 0 Å². The highest BCUT2D eigenvalue weighted by Gasteiger charge is 2.21. The minimum Gasteiger partial charge on any atom is -0.356 e. The Kier molecular flexibility index (Phi) is 4.91. The molecular weight excluding hydrogens is 324 g/mol. The molecule has 4 heterocycles. The summed E-state index contributed by atoms with van der Waals surface area (Å²) in [4.78, 5) is 16.0. The van der Waals surface area contributed by atoms with Gasteiger partial charge in [-0.2, -0.15) is 5.10 Å². The molecule has 4 rings (SSSR count). The fourth-order valence-corrected chi connectivity index (χ4v) is 3.47. The Morgan fingerprint density at radius 3 is 2.58 bits per heavy atom. The van der Waals surface area contributed by atoms with E-state index < -0.39 is 0 Å². The predicted octanol–water partition coefficient (Wildman–Crippen LogP) is 3.21. The normalized spacial score (nSPS) is 15.3. The van der Waals surface area contributed by atoms with E-state index in [0.717, 1.165) is 61.8 Å². The van der Waals surface area contributed by atoms with E-state index in [-0.39, 0.29) is 0 Å². The van der Waals surface area contributed by atoms with Crippen LogP contribution in [0, 0.1) is 5.92 Å². The van der Waals surface area contributed by atoms with Gasteiger partial charge in [0.25, 0.3) is 0 Å². The summed E-state index contributed by atoms with van der Waals surface area (Å²) in [7, 11) is 0. The Hall–Kier alpha value is -2.76. The largest absolute Gasteiger partial charge is 0.356 e. The predicted molar refractivity (Wildman–Crippen MR) is 102 cm³/mol. The van der Waals surface area contributed by atoms with Crippen LogP contribution >= 0.6 is 0 Å². The van der Waals surface area contributed by atoms with Crippen LogP contribution in [0.3, 0.4) is 0 Å². The highest BCUT2D eigenvalue weighted by molar-refractivity contribution is 5.57. The van der Waals surface area contributed by atoms with Crippen LogP contribution in [0.15, 0.2) is 49.1 Å². The molecule has 6 heteroatoms. The number of pyridine rings is 1. The highest BCUT2D eigenvalue weighted by Crippen LogP contribution is 2.25. The molecular formula is C20H24N6. The molecule has 0 unspecified atom stereocenters. The molecule has 0 spiro atoms. The minimum absolute atomic E-state index is 0.679. The van der Waals surface area contributed by atoms with Crippen molar-refractivity contribution in [1.82, 2.24) is 24.7 Å². The van der Waals surface area contributed by atoms with E-state index >= 15 is 0 Å². The lowest BCUT2D eigenvalue weighted by molar-refractivity contribution is 0.341. The summed E-state index contributed by atoms with van der Waals surface area (Å²) in [6.45, 7) is 5.20. The summed E-state index contributed by atoms with van der Waals surface area (Å²) in [5.41, 5.74) is 2.10. The second-order valence-corrected chi connectivity index (χ2v) is 6.79. The van der Waals surface area contributed by atoms with Crippen LogP contribution in [-0.2, 0) is 13.0 Å². The maximum absolute atomic E-state index is 4.85. The molecule has 6 nitrogen and oxygen atoms in total. The molecule has 1 aliphatic rings. The van der Waals surface area contributed by atoms with Crippen LogP contribution in [0.25, 0.3) is 11.4 Å². The second-order valence-electron chi connectivity index (χ2n) is 6.79. The lowest BCUT2D eigenvalue weighted by Crippen LogP contribution is -2.35. The van der Waals surface area contributed by atoms with Gasteiger partial charge in [-0.1, -0.05) is 6.92 Å². The fourth-order valence-electron chi connectivity index (χ4n) is 3.47. The molecule has 0 radical (unpaired) electrons. The number of aromatic nitrogens is 5. The number of piperidine rings is 1. The van der Waals surface area contributed by atoms with E-state index in [2.05, 4.69) is 28.0 Å². The summed E-state index contributed by atoms with van der Waals surface area (Å²) in [6, 6.07) is 8.06. The van der Waals surface area contributed by atoms with Crippen molar-refractivity contribution < 1.29 is 0 Å². The molecule has 3 aromatic heterocycles. The Balaban J connectivity index is 1.49. The topological polar surface area (TPSA) is 59.7 Å². The molecule has 0 atom stereocenters. The van der Waals surface area contributed by atoms with Crippen molar-refractivity contribution >= 4 is 5.82 Å². The van der Waals surface area contributed by atoms with Gasteiger partial charge in [0.2, 0.25) is 0 Å². The van der Waals surface area contributed by atoms with Gasteiger partial charge in [-0.25, -0.2) is 9.97 Å². The van der Waals surface area contributed by atoms with Gasteiger partial charge in [0.15, 0.2) is 5.82 Å². The van der Waals surface area contributed by atoms with Gasteiger partial charge in [-0.3, -0.25) is 9.67 Å². The maximum Gasteiger partial charge on any atom is 0.161 e. The third-order valence-electron chi connectivity index (χ3n) is 5.01. The number of hydrogen-bond acceptors (Lipinski definition) is 5. The minimum atomic E-state index is 0.679. The van der Waals surface area contributed by atoms with Crippen molar-refractivity contribution in [3.8, 4) is 11.4 Å². The zero-order valence-corrected chi connectivity index (χ0v) is 15.1. The Morgan fingerprint density at radius 2 is 1.88 bits per heavy atom. The Bertz CT molecular complexity index is 823. The van der Waals surface area contributed by atoms with Gasteiger partial charge in [0.05, 0.1) is 0 Å². The fraction of sp³-hybridized carbons (Fsp3) is 0.400. The molecule has 0 bridgehead atoms. The third kappa shape index (κ3) is 3.74. The number of rotatable bonds is 5. The monoisotopic (exact) mass is 348 g/mol. The number of nitrogens with zero attached hydrogens (tertiary/aromatic N) is 6. The van der Waals surface area contributed by atoms with E-state index in [0.29, 0.717) is 5.92 Å². The highest BCUT2D eigenvalue weighted by atomic mass is 15.3. The van der Waals surface area contributed by atoms with Crippen molar-refractivity contribution in [3.05, 3.63) is 54.7 Å². The van der Waals surface area contributed by atoms with Gasteiger partial charge in [0.1, 0.15) is 5.82 Å². The van der Waals surface area contributed by atoms with Gasteiger partial charge in [-0.05, 0) is 43.4 Å². The SMILES string of the molecule is CCc1cc(N2CCC(Cn3cccn3)CC2)nc(-c2ccncc2)n1. The first-order chi connectivity index (χ1) is 12.8. The first-order valence-electron chi connectivity index (χ1n) is 9.32. The molecule has 0 aliphatic carbocycles. The maximum atomic E-state index is 4.85. The number of anilines is 1. The zero-order valence-electron chi connectivity index (χ0n) is 15.1. The molecule has 1 fully saturated rings. The van der Waals surface area contributed by atoms with E-state index in [1.54, 1.807) is 12.4 Å². The van der Waals surface area contributed by atoms with Crippen LogP contribution in [0.4, 0.5) is 5.82 Å². The lowest BCUT2D eigenvalue weighted by Gasteiger charge is -2.33. The number of aryl methyl sites for hydroxylation is 1. The zero-order chi connectivity index (χ0) is 17.8.